The van der Waals surface area contributed by atoms with Gasteiger partial charge in [0.1, 0.15) is 0 Å². The van der Waals surface area contributed by atoms with E-state index in [1.165, 1.54) is 11.3 Å². The zero-order valence-electron chi connectivity index (χ0n) is 16.0. The number of nitrogens with zero attached hydrogens (tertiary/aromatic N) is 2. The van der Waals surface area contributed by atoms with E-state index in [0.29, 0.717) is 6.04 Å². The Bertz CT molecular complexity index is 587. The lowest BCUT2D eigenvalue weighted by Crippen LogP contribution is -2.46. The quantitative estimate of drug-likeness (QED) is 0.421. The Morgan fingerprint density at radius 1 is 1.38 bits per heavy atom. The molecule has 2 atom stereocenters. The number of hydrogen-bond donors (Lipinski definition) is 2. The van der Waals surface area contributed by atoms with E-state index in [4.69, 9.17) is 9.47 Å². The number of nitrogens with one attached hydrogen (secondary N) is 2. The van der Waals surface area contributed by atoms with E-state index in [1.807, 2.05) is 7.05 Å². The van der Waals surface area contributed by atoms with Crippen LogP contribution in [0.1, 0.15) is 25.3 Å². The molecule has 6 nitrogen and oxygen atoms in total. The molecule has 2 unspecified atom stereocenters. The molecule has 0 saturated carbocycles. The van der Waals surface area contributed by atoms with Crippen molar-refractivity contribution in [1.82, 2.24) is 10.6 Å². The summed E-state index contributed by atoms with van der Waals surface area (Å²) in [4.78, 5) is 6.80. The Hall–Kier alpha value is -1.79. The zero-order chi connectivity index (χ0) is 18.2. The monoisotopic (exact) mass is 360 g/mol. The standard InChI is InChI=1S/C20H32N4O2/c1-16(24-11-8-17-6-3-4-7-19(17)24)14-23-20(21-2)22-10-5-12-26-18-9-13-25-15-18/h3-4,6-7,16,18H,5,8-15H2,1-2H3,(H2,21,22,23). The fraction of sp³-hybridized carbons (Fsp3) is 0.650. The SMILES string of the molecule is CN=C(NCCCOC1CCOC1)NCC(C)N1CCc2ccccc21. The molecule has 2 aliphatic rings. The number of anilines is 1. The predicted molar refractivity (Wildman–Crippen MR) is 106 cm³/mol. The fourth-order valence-electron chi connectivity index (χ4n) is 3.57. The number of fused-ring (bicyclic) bond motifs is 1. The normalized spacial score (nSPS) is 20.9. The van der Waals surface area contributed by atoms with Crippen LogP contribution in [0.25, 0.3) is 0 Å². The van der Waals surface area contributed by atoms with Crippen LogP contribution in [-0.2, 0) is 15.9 Å². The molecular weight excluding hydrogens is 328 g/mol. The van der Waals surface area contributed by atoms with Crippen LogP contribution in [0.3, 0.4) is 0 Å². The van der Waals surface area contributed by atoms with E-state index in [9.17, 15) is 0 Å². The Labute approximate surface area is 157 Å². The van der Waals surface area contributed by atoms with Crippen molar-refractivity contribution in [1.29, 1.82) is 0 Å². The molecule has 0 aliphatic carbocycles. The van der Waals surface area contributed by atoms with Crippen LogP contribution in [0, 0.1) is 0 Å². The smallest absolute Gasteiger partial charge is 0.191 e. The molecule has 2 aliphatic heterocycles. The summed E-state index contributed by atoms with van der Waals surface area (Å²) in [6.45, 7) is 7.42. The van der Waals surface area contributed by atoms with Crippen LogP contribution in [0.15, 0.2) is 29.3 Å². The average Bonchev–Trinajstić information content (AvgIpc) is 3.33. The Morgan fingerprint density at radius 2 is 2.27 bits per heavy atom. The van der Waals surface area contributed by atoms with E-state index in [2.05, 4.69) is 51.7 Å². The summed E-state index contributed by atoms with van der Waals surface area (Å²) in [5.74, 6) is 0.855. The minimum absolute atomic E-state index is 0.289. The summed E-state index contributed by atoms with van der Waals surface area (Å²) < 4.78 is 11.1. The van der Waals surface area contributed by atoms with Gasteiger partial charge in [-0.05, 0) is 37.8 Å². The summed E-state index contributed by atoms with van der Waals surface area (Å²) in [5, 5.41) is 6.81. The average molecular weight is 361 g/mol. The Morgan fingerprint density at radius 3 is 3.08 bits per heavy atom. The molecule has 0 radical (unpaired) electrons. The second-order valence-corrected chi connectivity index (χ2v) is 7.01. The molecular formula is C20H32N4O2. The van der Waals surface area contributed by atoms with Gasteiger partial charge in [-0.2, -0.15) is 0 Å². The summed E-state index contributed by atoms with van der Waals surface area (Å²) in [7, 11) is 1.82. The second-order valence-electron chi connectivity index (χ2n) is 7.01. The van der Waals surface area contributed by atoms with Gasteiger partial charge in [0.05, 0.1) is 12.7 Å². The maximum absolute atomic E-state index is 5.79. The number of aliphatic imine (C=N–C) groups is 1. The summed E-state index contributed by atoms with van der Waals surface area (Å²) >= 11 is 0. The third-order valence-corrected chi connectivity index (χ3v) is 5.10. The van der Waals surface area contributed by atoms with Gasteiger partial charge in [-0.15, -0.1) is 0 Å². The van der Waals surface area contributed by atoms with Crippen LogP contribution in [0.4, 0.5) is 5.69 Å². The molecule has 2 heterocycles. The molecule has 0 amide bonds. The van der Waals surface area contributed by atoms with E-state index in [0.717, 1.165) is 64.7 Å². The second kappa shape index (κ2) is 9.78. The van der Waals surface area contributed by atoms with Crippen LogP contribution >= 0.6 is 0 Å². The Kier molecular flexibility index (Phi) is 7.14. The van der Waals surface area contributed by atoms with Gasteiger partial charge in [-0.25, -0.2) is 0 Å². The van der Waals surface area contributed by atoms with Crippen molar-refractivity contribution in [3.63, 3.8) is 0 Å². The Balaban J connectivity index is 1.33. The van der Waals surface area contributed by atoms with Crippen molar-refractivity contribution in [2.45, 2.75) is 38.3 Å². The van der Waals surface area contributed by atoms with E-state index in [1.54, 1.807) is 0 Å². The topological polar surface area (TPSA) is 58.1 Å². The number of hydrogen-bond acceptors (Lipinski definition) is 4. The molecule has 0 aromatic heterocycles. The molecule has 144 valence electrons. The fourth-order valence-corrected chi connectivity index (χ4v) is 3.57. The van der Waals surface area contributed by atoms with E-state index < -0.39 is 0 Å². The van der Waals surface area contributed by atoms with Gasteiger partial charge in [-0.1, -0.05) is 18.2 Å². The van der Waals surface area contributed by atoms with Crippen molar-refractivity contribution < 1.29 is 9.47 Å². The number of rotatable bonds is 8. The summed E-state index contributed by atoms with van der Waals surface area (Å²) in [5.41, 5.74) is 2.83. The van der Waals surface area contributed by atoms with Crippen molar-refractivity contribution in [2.75, 3.05) is 51.4 Å². The van der Waals surface area contributed by atoms with Gasteiger partial charge in [-0.3, -0.25) is 4.99 Å². The minimum atomic E-state index is 0.289. The maximum atomic E-state index is 5.79. The third kappa shape index (κ3) is 5.11. The van der Waals surface area contributed by atoms with Crippen molar-refractivity contribution in [3.05, 3.63) is 29.8 Å². The molecule has 1 aromatic carbocycles. The summed E-state index contributed by atoms with van der Waals surface area (Å²) in [6, 6.07) is 9.12. The van der Waals surface area contributed by atoms with Crippen LogP contribution < -0.4 is 15.5 Å². The molecule has 0 spiro atoms. The first kappa shape index (κ1) is 19.0. The lowest BCUT2D eigenvalue weighted by atomic mass is 10.2. The van der Waals surface area contributed by atoms with Crippen molar-refractivity contribution in [2.24, 2.45) is 4.99 Å². The molecule has 3 rings (SSSR count). The highest BCUT2D eigenvalue weighted by molar-refractivity contribution is 5.79. The van der Waals surface area contributed by atoms with Crippen LogP contribution in [0.5, 0.6) is 0 Å². The van der Waals surface area contributed by atoms with Gasteiger partial charge in [0.15, 0.2) is 5.96 Å². The number of ether oxygens (including phenoxy) is 2. The maximum Gasteiger partial charge on any atom is 0.191 e. The van der Waals surface area contributed by atoms with Gasteiger partial charge in [0.2, 0.25) is 0 Å². The first-order valence-electron chi connectivity index (χ1n) is 9.76. The lowest BCUT2D eigenvalue weighted by Gasteiger charge is -2.28. The van der Waals surface area contributed by atoms with Crippen molar-refractivity contribution in [3.8, 4) is 0 Å². The third-order valence-electron chi connectivity index (χ3n) is 5.10. The number of para-hydroxylation sites is 1. The van der Waals surface area contributed by atoms with Gasteiger partial charge in [0, 0.05) is 51.6 Å². The van der Waals surface area contributed by atoms with Gasteiger partial charge < -0.3 is 25.0 Å². The van der Waals surface area contributed by atoms with Crippen LogP contribution in [-0.4, -0.2) is 64.6 Å². The van der Waals surface area contributed by atoms with E-state index >= 15 is 0 Å². The van der Waals surface area contributed by atoms with Gasteiger partial charge >= 0.3 is 0 Å². The minimum Gasteiger partial charge on any atom is -0.379 e. The highest BCUT2D eigenvalue weighted by Gasteiger charge is 2.22. The lowest BCUT2D eigenvalue weighted by molar-refractivity contribution is 0.0420. The highest BCUT2D eigenvalue weighted by Crippen LogP contribution is 2.28. The van der Waals surface area contributed by atoms with E-state index in [-0.39, 0.29) is 6.10 Å². The predicted octanol–water partition coefficient (Wildman–Crippen LogP) is 1.80. The molecule has 2 N–H and O–H groups in total. The molecule has 0 bridgehead atoms. The molecule has 6 heteroatoms. The first-order valence-corrected chi connectivity index (χ1v) is 9.76. The first-order chi connectivity index (χ1) is 12.8. The summed E-state index contributed by atoms with van der Waals surface area (Å²) in [6.07, 6.45) is 3.41. The van der Waals surface area contributed by atoms with Gasteiger partial charge in [0.25, 0.3) is 0 Å². The number of guanidine groups is 1. The van der Waals surface area contributed by atoms with Crippen LogP contribution in [0.2, 0.25) is 0 Å². The molecule has 1 fully saturated rings. The largest absolute Gasteiger partial charge is 0.379 e. The molecule has 1 saturated heterocycles. The zero-order valence-corrected chi connectivity index (χ0v) is 16.0. The van der Waals surface area contributed by atoms with Crippen molar-refractivity contribution >= 4 is 11.6 Å². The number of benzene rings is 1. The molecule has 26 heavy (non-hydrogen) atoms. The highest BCUT2D eigenvalue weighted by atomic mass is 16.5. The molecule has 1 aromatic rings.